The van der Waals surface area contributed by atoms with E-state index in [1.165, 1.54) is 0 Å². The molecule has 10 nitrogen and oxygen atoms in total. The lowest BCUT2D eigenvalue weighted by Gasteiger charge is -2.37. The first-order valence-corrected chi connectivity index (χ1v) is 13.0. The number of piperazine rings is 1. The molecule has 188 valence electrons. The average Bonchev–Trinajstić information content (AvgIpc) is 3.51. The zero-order chi connectivity index (χ0) is 25.5. The van der Waals surface area contributed by atoms with Gasteiger partial charge in [-0.3, -0.25) is 9.78 Å². The van der Waals surface area contributed by atoms with E-state index in [-0.39, 0.29) is 5.91 Å². The Morgan fingerprint density at radius 2 is 1.92 bits per heavy atom. The van der Waals surface area contributed by atoms with E-state index >= 15 is 0 Å². The summed E-state index contributed by atoms with van der Waals surface area (Å²) in [7, 11) is 0. The van der Waals surface area contributed by atoms with E-state index < -0.39 is 0 Å². The fourth-order valence-corrected chi connectivity index (χ4v) is 5.36. The number of hydrogen-bond acceptors (Lipinski definition) is 9. The summed E-state index contributed by atoms with van der Waals surface area (Å²) >= 11 is 1.55. The van der Waals surface area contributed by atoms with E-state index in [1.54, 1.807) is 36.0 Å². The van der Waals surface area contributed by atoms with Gasteiger partial charge in [0.05, 0.1) is 16.9 Å². The van der Waals surface area contributed by atoms with Crippen LogP contribution in [0.25, 0.3) is 16.7 Å². The Morgan fingerprint density at radius 3 is 2.68 bits per heavy atom. The van der Waals surface area contributed by atoms with Crippen LogP contribution in [0.3, 0.4) is 0 Å². The largest absolute Gasteiger partial charge is 0.452 e. The third-order valence-corrected chi connectivity index (χ3v) is 6.86. The maximum atomic E-state index is 13.5. The number of ether oxygens (including phenoxy) is 1. The van der Waals surface area contributed by atoms with Crippen LogP contribution in [-0.4, -0.2) is 55.4 Å². The van der Waals surface area contributed by atoms with Crippen molar-refractivity contribution >= 4 is 45.4 Å². The number of aryl methyl sites for hydroxylation is 1. The third-order valence-electron chi connectivity index (χ3n) is 6.20. The van der Waals surface area contributed by atoms with Crippen LogP contribution in [0, 0.1) is 6.92 Å². The number of aromatic nitrogens is 5. The number of rotatable bonds is 5. The van der Waals surface area contributed by atoms with Gasteiger partial charge in [-0.25, -0.2) is 15.0 Å². The van der Waals surface area contributed by atoms with Crippen LogP contribution in [-0.2, 0) is 0 Å². The average molecular weight is 515 g/mol. The van der Waals surface area contributed by atoms with Gasteiger partial charge in [0.25, 0.3) is 5.91 Å². The first kappa shape index (κ1) is 23.3. The van der Waals surface area contributed by atoms with Crippen LogP contribution < -0.4 is 20.3 Å². The van der Waals surface area contributed by atoms with Crippen molar-refractivity contribution in [2.75, 3.05) is 23.3 Å². The predicted octanol–water partition coefficient (Wildman–Crippen LogP) is 4.27. The van der Waals surface area contributed by atoms with Gasteiger partial charge in [-0.1, -0.05) is 0 Å². The van der Waals surface area contributed by atoms with Crippen LogP contribution >= 0.6 is 11.3 Å². The Hall–Kier alpha value is -4.09. The molecule has 1 aliphatic heterocycles. The summed E-state index contributed by atoms with van der Waals surface area (Å²) in [5.41, 5.74) is 3.55. The highest BCUT2D eigenvalue weighted by Gasteiger charge is 2.26. The van der Waals surface area contributed by atoms with Crippen molar-refractivity contribution in [3.8, 4) is 11.5 Å². The van der Waals surface area contributed by atoms with E-state index in [0.29, 0.717) is 51.5 Å². The molecule has 0 radical (unpaired) electrons. The number of carbonyl (C=O) groups is 1. The number of nitrogens with one attached hydrogen (secondary N) is 2. The second-order valence-corrected chi connectivity index (χ2v) is 10.1. The van der Waals surface area contributed by atoms with Gasteiger partial charge in [0.15, 0.2) is 17.2 Å². The molecule has 0 saturated carbocycles. The first-order chi connectivity index (χ1) is 17.9. The lowest BCUT2D eigenvalue weighted by atomic mass is 10.1. The SMILES string of the molecule is Cc1cn2cc(NC(=O)c3cnc(N4CC(C)NC(C)C4)c4nccnc34)cc(Oc3ccsc3)c2n1. The molecule has 1 fully saturated rings. The molecule has 1 saturated heterocycles. The molecule has 6 rings (SSSR count). The molecule has 2 atom stereocenters. The fraction of sp³-hybridized carbons (Fsp3) is 0.269. The van der Waals surface area contributed by atoms with E-state index in [2.05, 4.69) is 49.3 Å². The van der Waals surface area contributed by atoms with Gasteiger partial charge in [0.2, 0.25) is 0 Å². The fourth-order valence-electron chi connectivity index (χ4n) is 4.81. The topological polar surface area (TPSA) is 110 Å². The maximum absolute atomic E-state index is 13.5. The second-order valence-electron chi connectivity index (χ2n) is 9.34. The second kappa shape index (κ2) is 9.41. The van der Waals surface area contributed by atoms with Crippen LogP contribution in [0.1, 0.15) is 29.9 Å². The molecule has 2 unspecified atom stereocenters. The smallest absolute Gasteiger partial charge is 0.259 e. The Kier molecular flexibility index (Phi) is 5.93. The summed E-state index contributed by atoms with van der Waals surface area (Å²) in [5.74, 6) is 1.67. The van der Waals surface area contributed by atoms with Gasteiger partial charge in [0, 0.05) is 67.6 Å². The quantitative estimate of drug-likeness (QED) is 0.358. The van der Waals surface area contributed by atoms with Crippen LogP contribution in [0.4, 0.5) is 11.5 Å². The summed E-state index contributed by atoms with van der Waals surface area (Å²) in [6.45, 7) is 7.80. The zero-order valence-electron chi connectivity index (χ0n) is 20.7. The van der Waals surface area contributed by atoms with Crippen LogP contribution in [0.2, 0.25) is 0 Å². The molecule has 6 heterocycles. The van der Waals surface area contributed by atoms with E-state index in [4.69, 9.17) is 4.74 Å². The highest BCUT2D eigenvalue weighted by Crippen LogP contribution is 2.31. The zero-order valence-corrected chi connectivity index (χ0v) is 21.5. The maximum Gasteiger partial charge on any atom is 0.259 e. The molecular formula is C26H26N8O2S. The summed E-state index contributed by atoms with van der Waals surface area (Å²) < 4.78 is 7.92. The number of nitrogens with zero attached hydrogens (tertiary/aromatic N) is 6. The highest BCUT2D eigenvalue weighted by molar-refractivity contribution is 7.08. The molecule has 1 aliphatic rings. The van der Waals surface area contributed by atoms with Crippen LogP contribution in [0.5, 0.6) is 11.5 Å². The van der Waals surface area contributed by atoms with Gasteiger partial charge < -0.3 is 24.7 Å². The van der Waals surface area contributed by atoms with Gasteiger partial charge in [0.1, 0.15) is 16.8 Å². The minimum Gasteiger partial charge on any atom is -0.452 e. The Morgan fingerprint density at radius 1 is 1.14 bits per heavy atom. The standard InChI is InChI=1S/C26H26N8O2S/c1-15-10-33(11-16(2)30-15)25-23-22(27-5-6-28-23)20(9-29-25)26(35)32-18-8-21(36-19-4-7-37-14-19)24-31-17(3)12-34(24)13-18/h4-9,12-16,30H,10-11H2,1-3H3,(H,32,35). The van der Waals surface area contributed by atoms with E-state index in [9.17, 15) is 4.79 Å². The van der Waals surface area contributed by atoms with Crippen molar-refractivity contribution in [1.82, 2.24) is 29.7 Å². The number of fused-ring (bicyclic) bond motifs is 2. The van der Waals surface area contributed by atoms with Crippen molar-refractivity contribution < 1.29 is 9.53 Å². The predicted molar refractivity (Wildman–Crippen MR) is 144 cm³/mol. The number of imidazole rings is 1. The number of carbonyl (C=O) groups excluding carboxylic acids is 1. The molecule has 37 heavy (non-hydrogen) atoms. The Labute approximate surface area is 217 Å². The molecule has 5 aromatic heterocycles. The number of thiophene rings is 1. The number of hydrogen-bond donors (Lipinski definition) is 2. The van der Waals surface area contributed by atoms with Crippen molar-refractivity contribution in [2.24, 2.45) is 0 Å². The Balaban J connectivity index is 1.34. The summed E-state index contributed by atoms with van der Waals surface area (Å²) in [5, 5.41) is 10.4. The molecular weight excluding hydrogens is 488 g/mol. The molecule has 0 aromatic carbocycles. The summed E-state index contributed by atoms with van der Waals surface area (Å²) in [4.78, 5) is 34.0. The molecule has 1 amide bonds. The van der Waals surface area contributed by atoms with Gasteiger partial charge in [-0.05, 0) is 32.2 Å². The minimum atomic E-state index is -0.329. The Bertz CT molecular complexity index is 1590. The summed E-state index contributed by atoms with van der Waals surface area (Å²) in [6.07, 6.45) is 8.51. The number of pyridine rings is 2. The van der Waals surface area contributed by atoms with Gasteiger partial charge in [-0.15, -0.1) is 11.3 Å². The normalized spacial score (nSPS) is 17.9. The molecule has 11 heteroatoms. The lowest BCUT2D eigenvalue weighted by molar-refractivity contribution is 0.102. The highest BCUT2D eigenvalue weighted by atomic mass is 32.1. The van der Waals surface area contributed by atoms with Crippen molar-refractivity contribution in [3.05, 3.63) is 65.1 Å². The van der Waals surface area contributed by atoms with Crippen molar-refractivity contribution in [2.45, 2.75) is 32.9 Å². The third kappa shape index (κ3) is 4.58. The van der Waals surface area contributed by atoms with Crippen LogP contribution in [0.15, 0.2) is 53.9 Å². The minimum absolute atomic E-state index is 0.312. The lowest BCUT2D eigenvalue weighted by Crippen LogP contribution is -2.54. The molecule has 5 aromatic rings. The van der Waals surface area contributed by atoms with Crippen molar-refractivity contribution in [1.29, 1.82) is 0 Å². The number of anilines is 2. The first-order valence-electron chi connectivity index (χ1n) is 12.1. The molecule has 0 bridgehead atoms. The molecule has 2 N–H and O–H groups in total. The van der Waals surface area contributed by atoms with Gasteiger partial charge in [-0.2, -0.15) is 0 Å². The number of amides is 1. The molecule has 0 aliphatic carbocycles. The summed E-state index contributed by atoms with van der Waals surface area (Å²) in [6, 6.07) is 4.29. The monoisotopic (exact) mass is 514 g/mol. The van der Waals surface area contributed by atoms with Crippen molar-refractivity contribution in [3.63, 3.8) is 0 Å². The van der Waals surface area contributed by atoms with E-state index in [1.807, 2.05) is 40.5 Å². The van der Waals surface area contributed by atoms with E-state index in [0.717, 1.165) is 24.6 Å². The molecule has 0 spiro atoms. The van der Waals surface area contributed by atoms with Gasteiger partial charge >= 0.3 is 0 Å².